The molecule has 2 heterocycles. The monoisotopic (exact) mass is 494 g/mol. The van der Waals surface area contributed by atoms with Gasteiger partial charge in [0.15, 0.2) is 5.78 Å². The lowest BCUT2D eigenvalue weighted by Crippen LogP contribution is -2.30. The minimum Gasteiger partial charge on any atom is -0.493 e. The van der Waals surface area contributed by atoms with E-state index in [0.717, 1.165) is 34.2 Å². The van der Waals surface area contributed by atoms with Crippen LogP contribution in [0.4, 0.5) is 4.79 Å². The highest BCUT2D eigenvalue weighted by atomic mass is 32.2. The Morgan fingerprint density at radius 2 is 1.80 bits per heavy atom. The first-order chi connectivity index (χ1) is 16.8. The van der Waals surface area contributed by atoms with Gasteiger partial charge in [0.05, 0.1) is 11.5 Å². The summed E-state index contributed by atoms with van der Waals surface area (Å²) in [5.41, 5.74) is 5.42. The smallest absolute Gasteiger partial charge is 0.325 e. The summed E-state index contributed by atoms with van der Waals surface area (Å²) in [6, 6.07) is 11.2. The molecule has 180 valence electrons. The van der Waals surface area contributed by atoms with Crippen molar-refractivity contribution in [2.24, 2.45) is 5.73 Å². The van der Waals surface area contributed by atoms with E-state index in [1.807, 2.05) is 35.3 Å². The zero-order valence-corrected chi connectivity index (χ0v) is 19.3. The molecule has 2 amide bonds. The SMILES string of the molecule is NC(C(=O)CCCCOc1ccc(C=C2SC(=O)NC2=O)c2ccccc12)c1cc(=O)[nH]c(=O)[nH]1. The Morgan fingerprint density at radius 1 is 1.03 bits per heavy atom. The summed E-state index contributed by atoms with van der Waals surface area (Å²) in [4.78, 5) is 63.2. The van der Waals surface area contributed by atoms with Crippen LogP contribution in [-0.4, -0.2) is 33.5 Å². The molecule has 1 saturated heterocycles. The number of rotatable bonds is 9. The number of imide groups is 1. The van der Waals surface area contributed by atoms with Crippen LogP contribution in [0.3, 0.4) is 0 Å². The summed E-state index contributed by atoms with van der Waals surface area (Å²) >= 11 is 0.864. The Kier molecular flexibility index (Phi) is 7.28. The molecule has 35 heavy (non-hydrogen) atoms. The van der Waals surface area contributed by atoms with Gasteiger partial charge in [-0.1, -0.05) is 30.3 Å². The van der Waals surface area contributed by atoms with Crippen molar-refractivity contribution in [2.75, 3.05) is 6.61 Å². The maximum Gasteiger partial charge on any atom is 0.325 e. The molecule has 1 unspecified atom stereocenters. The Hall–Kier alpha value is -3.96. The van der Waals surface area contributed by atoms with E-state index in [1.54, 1.807) is 12.1 Å². The van der Waals surface area contributed by atoms with Crippen molar-refractivity contribution in [3.63, 3.8) is 0 Å². The molecule has 1 aliphatic rings. The second kappa shape index (κ2) is 10.5. The van der Waals surface area contributed by atoms with E-state index in [2.05, 4.69) is 10.3 Å². The summed E-state index contributed by atoms with van der Waals surface area (Å²) in [7, 11) is 0. The summed E-state index contributed by atoms with van der Waals surface area (Å²) in [6.07, 6.45) is 2.95. The van der Waals surface area contributed by atoms with Crippen LogP contribution >= 0.6 is 11.8 Å². The third-order valence-corrected chi connectivity index (χ3v) is 6.20. The number of aromatic amines is 2. The van der Waals surface area contributed by atoms with Crippen molar-refractivity contribution in [2.45, 2.75) is 25.3 Å². The van der Waals surface area contributed by atoms with Gasteiger partial charge in [-0.3, -0.25) is 29.5 Å². The molecule has 0 saturated carbocycles. The van der Waals surface area contributed by atoms with Gasteiger partial charge in [-0.05, 0) is 47.7 Å². The minimum absolute atomic E-state index is 0.0828. The number of nitrogens with two attached hydrogens (primary N) is 1. The fraction of sp³-hybridized carbons (Fsp3) is 0.208. The van der Waals surface area contributed by atoms with Crippen LogP contribution in [0.15, 0.2) is 57.0 Å². The molecular formula is C24H22N4O6S. The lowest BCUT2D eigenvalue weighted by molar-refractivity contribution is -0.120. The number of hydrogen-bond acceptors (Lipinski definition) is 8. The quantitative estimate of drug-likeness (QED) is 0.260. The number of carbonyl (C=O) groups is 3. The Labute approximate surface area is 202 Å². The van der Waals surface area contributed by atoms with Crippen LogP contribution in [0, 0.1) is 0 Å². The van der Waals surface area contributed by atoms with Crippen molar-refractivity contribution in [1.82, 2.24) is 15.3 Å². The molecule has 1 aromatic heterocycles. The summed E-state index contributed by atoms with van der Waals surface area (Å²) < 4.78 is 5.95. The molecule has 3 aromatic rings. The number of amides is 2. The van der Waals surface area contributed by atoms with Gasteiger partial charge in [-0.25, -0.2) is 4.79 Å². The molecular weight excluding hydrogens is 472 g/mol. The average molecular weight is 495 g/mol. The van der Waals surface area contributed by atoms with E-state index in [9.17, 15) is 24.0 Å². The normalized spacial score (nSPS) is 15.4. The first-order valence-corrected chi connectivity index (χ1v) is 11.6. The zero-order valence-electron chi connectivity index (χ0n) is 18.5. The first-order valence-electron chi connectivity index (χ1n) is 10.8. The second-order valence-corrected chi connectivity index (χ2v) is 8.86. The molecule has 1 atom stereocenters. The topological polar surface area (TPSA) is 164 Å². The van der Waals surface area contributed by atoms with E-state index >= 15 is 0 Å². The molecule has 11 heteroatoms. The summed E-state index contributed by atoms with van der Waals surface area (Å²) in [5, 5.41) is 3.58. The minimum atomic E-state index is -1.08. The second-order valence-electron chi connectivity index (χ2n) is 7.84. The highest BCUT2D eigenvalue weighted by Gasteiger charge is 2.25. The largest absolute Gasteiger partial charge is 0.493 e. The van der Waals surface area contributed by atoms with Crippen molar-refractivity contribution < 1.29 is 19.1 Å². The molecule has 0 radical (unpaired) electrons. The molecule has 10 nitrogen and oxygen atoms in total. The number of ether oxygens (including phenoxy) is 1. The molecule has 1 fully saturated rings. The van der Waals surface area contributed by atoms with Gasteiger partial charge in [0.2, 0.25) is 0 Å². The predicted octanol–water partition coefficient (Wildman–Crippen LogP) is 2.36. The maximum atomic E-state index is 12.3. The van der Waals surface area contributed by atoms with Gasteiger partial charge in [-0.15, -0.1) is 0 Å². The molecule has 1 aliphatic heterocycles. The molecule has 4 rings (SSSR count). The Balaban J connectivity index is 1.36. The van der Waals surface area contributed by atoms with Crippen LogP contribution in [0.2, 0.25) is 0 Å². The van der Waals surface area contributed by atoms with Crippen molar-refractivity contribution >= 4 is 45.5 Å². The van der Waals surface area contributed by atoms with E-state index in [4.69, 9.17) is 10.5 Å². The summed E-state index contributed by atoms with van der Waals surface area (Å²) in [6.45, 7) is 0.363. The predicted molar refractivity (Wildman–Crippen MR) is 132 cm³/mol. The zero-order chi connectivity index (χ0) is 24.9. The lowest BCUT2D eigenvalue weighted by atomic mass is 10.0. The fourth-order valence-electron chi connectivity index (χ4n) is 3.68. The number of thioether (sulfide) groups is 1. The van der Waals surface area contributed by atoms with Crippen LogP contribution in [0.1, 0.15) is 36.6 Å². The number of unbranched alkanes of at least 4 members (excludes halogenated alkanes) is 1. The van der Waals surface area contributed by atoms with E-state index in [-0.39, 0.29) is 17.9 Å². The third kappa shape index (κ3) is 5.76. The Morgan fingerprint density at radius 3 is 2.51 bits per heavy atom. The number of Topliss-reactive ketones (excluding diaryl/α,β-unsaturated/α-hetero) is 1. The van der Waals surface area contributed by atoms with Gasteiger partial charge in [0.1, 0.15) is 11.8 Å². The number of fused-ring (bicyclic) bond motifs is 1. The van der Waals surface area contributed by atoms with Gasteiger partial charge in [0.25, 0.3) is 16.7 Å². The van der Waals surface area contributed by atoms with E-state index in [1.165, 1.54) is 0 Å². The van der Waals surface area contributed by atoms with Crippen LogP contribution < -0.4 is 27.0 Å². The van der Waals surface area contributed by atoms with Gasteiger partial charge in [-0.2, -0.15) is 0 Å². The number of nitrogens with one attached hydrogen (secondary N) is 3. The van der Waals surface area contributed by atoms with Crippen molar-refractivity contribution in [3.05, 3.63) is 79.5 Å². The highest BCUT2D eigenvalue weighted by Crippen LogP contribution is 2.32. The molecule has 2 aromatic carbocycles. The number of aromatic nitrogens is 2. The van der Waals surface area contributed by atoms with Crippen LogP contribution in [-0.2, 0) is 9.59 Å². The number of benzene rings is 2. The van der Waals surface area contributed by atoms with Crippen LogP contribution in [0.25, 0.3) is 16.8 Å². The number of hydrogen-bond donors (Lipinski definition) is 4. The van der Waals surface area contributed by atoms with Crippen LogP contribution in [0.5, 0.6) is 5.75 Å². The maximum absolute atomic E-state index is 12.3. The first kappa shape index (κ1) is 24.2. The standard InChI is InChI=1S/C24H22N4O6S/c25-21(16-12-20(30)27-23(32)26-16)17(29)7-3-4-10-34-18-9-8-13(14-5-1-2-6-15(14)18)11-19-22(31)28-24(33)35-19/h1-2,5-6,8-9,11-12,21H,3-4,7,10,25H2,(H,28,31,33)(H2,26,27,30,32). The van der Waals surface area contributed by atoms with Gasteiger partial charge in [0, 0.05) is 23.6 Å². The van der Waals surface area contributed by atoms with E-state index in [0.29, 0.717) is 30.1 Å². The number of H-pyrrole nitrogens is 2. The van der Waals surface area contributed by atoms with Crippen molar-refractivity contribution in [3.8, 4) is 5.75 Å². The molecule has 0 aliphatic carbocycles. The van der Waals surface area contributed by atoms with E-state index < -0.39 is 28.4 Å². The molecule has 0 spiro atoms. The fourth-order valence-corrected chi connectivity index (χ4v) is 4.35. The molecule has 5 N–H and O–H groups in total. The van der Waals surface area contributed by atoms with Crippen molar-refractivity contribution in [1.29, 1.82) is 0 Å². The van der Waals surface area contributed by atoms with Gasteiger partial charge >= 0.3 is 5.69 Å². The lowest BCUT2D eigenvalue weighted by Gasteiger charge is -2.12. The highest BCUT2D eigenvalue weighted by molar-refractivity contribution is 8.18. The average Bonchev–Trinajstić information content (AvgIpc) is 3.15. The third-order valence-electron chi connectivity index (χ3n) is 5.38. The number of carbonyl (C=O) groups excluding carboxylic acids is 3. The van der Waals surface area contributed by atoms with Gasteiger partial charge < -0.3 is 15.5 Å². The summed E-state index contributed by atoms with van der Waals surface area (Å²) in [5.74, 6) is -0.0445. The Bertz CT molecular complexity index is 1430. The number of ketones is 1. The molecule has 0 bridgehead atoms.